The summed E-state index contributed by atoms with van der Waals surface area (Å²) in [4.78, 5) is 12.0. The van der Waals surface area contributed by atoms with Crippen LogP contribution in [0.3, 0.4) is 0 Å². The third kappa shape index (κ3) is 3.32. The minimum absolute atomic E-state index is 0.0586. The summed E-state index contributed by atoms with van der Waals surface area (Å²) >= 11 is 0. The molecule has 0 aliphatic carbocycles. The maximum Gasteiger partial charge on any atom is 0.237 e. The Hall–Kier alpha value is -1.36. The first kappa shape index (κ1) is 13.1. The van der Waals surface area contributed by atoms with Crippen molar-refractivity contribution in [2.75, 3.05) is 6.54 Å². The van der Waals surface area contributed by atoms with Crippen LogP contribution in [0.5, 0.6) is 0 Å². The molecule has 2 heterocycles. The number of rotatable bonds is 4. The Morgan fingerprint density at radius 3 is 3.17 bits per heavy atom. The first-order valence-corrected chi connectivity index (χ1v) is 6.62. The van der Waals surface area contributed by atoms with Crippen LogP contribution in [0.2, 0.25) is 0 Å². The standard InChI is InChI=1S/C13H21N3O2/c1-3-10-4-5-14-12(7-10)13(17)15-8-11-6-9(2)18-16-11/h6,10,12,14H,3-5,7-8H2,1-2H3,(H,15,17). The zero-order valence-electron chi connectivity index (χ0n) is 11.0. The Kier molecular flexibility index (Phi) is 4.36. The van der Waals surface area contributed by atoms with E-state index in [4.69, 9.17) is 4.52 Å². The lowest BCUT2D eigenvalue weighted by atomic mass is 9.90. The summed E-state index contributed by atoms with van der Waals surface area (Å²) in [6.07, 6.45) is 3.25. The van der Waals surface area contributed by atoms with Crippen molar-refractivity contribution in [1.82, 2.24) is 15.8 Å². The predicted molar refractivity (Wildman–Crippen MR) is 67.9 cm³/mol. The van der Waals surface area contributed by atoms with Gasteiger partial charge in [-0.3, -0.25) is 4.79 Å². The number of aryl methyl sites for hydroxylation is 1. The highest BCUT2D eigenvalue weighted by Gasteiger charge is 2.25. The summed E-state index contributed by atoms with van der Waals surface area (Å²) in [5.41, 5.74) is 0.767. The Morgan fingerprint density at radius 2 is 2.50 bits per heavy atom. The van der Waals surface area contributed by atoms with Crippen molar-refractivity contribution in [3.8, 4) is 0 Å². The van der Waals surface area contributed by atoms with E-state index in [1.54, 1.807) is 0 Å². The number of hydrogen-bond donors (Lipinski definition) is 2. The second kappa shape index (κ2) is 6.00. The molecule has 1 amide bonds. The maximum absolute atomic E-state index is 12.0. The molecule has 1 aromatic rings. The van der Waals surface area contributed by atoms with Crippen LogP contribution in [-0.2, 0) is 11.3 Å². The normalized spacial score (nSPS) is 23.9. The molecule has 1 aliphatic rings. The van der Waals surface area contributed by atoms with Gasteiger partial charge in [0.15, 0.2) is 0 Å². The predicted octanol–water partition coefficient (Wildman–Crippen LogP) is 1.38. The molecule has 0 spiro atoms. The largest absolute Gasteiger partial charge is 0.361 e. The van der Waals surface area contributed by atoms with Crippen molar-refractivity contribution in [2.24, 2.45) is 5.92 Å². The Morgan fingerprint density at radius 1 is 1.67 bits per heavy atom. The van der Waals surface area contributed by atoms with Gasteiger partial charge in [0.05, 0.1) is 12.6 Å². The van der Waals surface area contributed by atoms with Gasteiger partial charge in [0.2, 0.25) is 5.91 Å². The maximum atomic E-state index is 12.0. The zero-order valence-corrected chi connectivity index (χ0v) is 11.0. The summed E-state index contributed by atoms with van der Waals surface area (Å²) in [6, 6.07) is 1.78. The van der Waals surface area contributed by atoms with E-state index in [-0.39, 0.29) is 11.9 Å². The highest BCUT2D eigenvalue weighted by molar-refractivity contribution is 5.81. The number of amides is 1. The van der Waals surface area contributed by atoms with E-state index in [0.717, 1.165) is 30.8 Å². The van der Waals surface area contributed by atoms with Gasteiger partial charge < -0.3 is 15.2 Å². The number of carbonyl (C=O) groups is 1. The third-order valence-corrected chi connectivity index (χ3v) is 3.53. The lowest BCUT2D eigenvalue weighted by molar-refractivity contribution is -0.124. The summed E-state index contributed by atoms with van der Waals surface area (Å²) in [5, 5.41) is 10.0. The van der Waals surface area contributed by atoms with Gasteiger partial charge in [-0.05, 0) is 32.2 Å². The minimum atomic E-state index is -0.0586. The fraction of sp³-hybridized carbons (Fsp3) is 0.692. The molecule has 1 aliphatic heterocycles. The van der Waals surface area contributed by atoms with Crippen molar-refractivity contribution < 1.29 is 9.32 Å². The summed E-state index contributed by atoms with van der Waals surface area (Å²) in [7, 11) is 0. The highest BCUT2D eigenvalue weighted by atomic mass is 16.5. The molecule has 2 atom stereocenters. The quantitative estimate of drug-likeness (QED) is 0.848. The first-order chi connectivity index (χ1) is 8.69. The fourth-order valence-electron chi connectivity index (χ4n) is 2.37. The van der Waals surface area contributed by atoms with Crippen LogP contribution in [0.15, 0.2) is 10.6 Å². The molecule has 5 heteroatoms. The monoisotopic (exact) mass is 251 g/mol. The van der Waals surface area contributed by atoms with Crippen LogP contribution in [0, 0.1) is 12.8 Å². The van der Waals surface area contributed by atoms with E-state index in [0.29, 0.717) is 12.5 Å². The fourth-order valence-corrected chi connectivity index (χ4v) is 2.37. The Balaban J connectivity index is 1.80. The van der Waals surface area contributed by atoms with Gasteiger partial charge in [-0.25, -0.2) is 0 Å². The van der Waals surface area contributed by atoms with Gasteiger partial charge in [-0.1, -0.05) is 18.5 Å². The van der Waals surface area contributed by atoms with Crippen LogP contribution >= 0.6 is 0 Å². The number of piperidine rings is 1. The molecule has 0 radical (unpaired) electrons. The molecule has 1 fully saturated rings. The van der Waals surface area contributed by atoms with E-state index in [1.165, 1.54) is 6.42 Å². The summed E-state index contributed by atoms with van der Waals surface area (Å²) < 4.78 is 4.96. The third-order valence-electron chi connectivity index (χ3n) is 3.53. The van der Waals surface area contributed by atoms with Gasteiger partial charge in [-0.2, -0.15) is 0 Å². The van der Waals surface area contributed by atoms with Crippen molar-refractivity contribution in [2.45, 2.75) is 45.7 Å². The van der Waals surface area contributed by atoms with Crippen molar-refractivity contribution in [3.05, 3.63) is 17.5 Å². The SMILES string of the molecule is CCC1CCNC(C(=O)NCc2cc(C)on2)C1. The molecular weight excluding hydrogens is 230 g/mol. The Bertz CT molecular complexity index is 403. The topological polar surface area (TPSA) is 67.2 Å². The van der Waals surface area contributed by atoms with E-state index in [2.05, 4.69) is 22.7 Å². The molecular formula is C13H21N3O2. The lowest BCUT2D eigenvalue weighted by Crippen LogP contribution is -2.48. The molecule has 5 nitrogen and oxygen atoms in total. The summed E-state index contributed by atoms with van der Waals surface area (Å²) in [5.74, 6) is 1.49. The zero-order chi connectivity index (χ0) is 13.0. The van der Waals surface area contributed by atoms with Gasteiger partial charge in [0.25, 0.3) is 0 Å². The van der Waals surface area contributed by atoms with Crippen LogP contribution in [0.1, 0.15) is 37.6 Å². The van der Waals surface area contributed by atoms with Crippen LogP contribution in [0.4, 0.5) is 0 Å². The van der Waals surface area contributed by atoms with Gasteiger partial charge >= 0.3 is 0 Å². The van der Waals surface area contributed by atoms with E-state index >= 15 is 0 Å². The average Bonchev–Trinajstić information content (AvgIpc) is 2.82. The average molecular weight is 251 g/mol. The highest BCUT2D eigenvalue weighted by Crippen LogP contribution is 2.19. The van der Waals surface area contributed by atoms with Gasteiger partial charge in [-0.15, -0.1) is 0 Å². The molecule has 100 valence electrons. The minimum Gasteiger partial charge on any atom is -0.361 e. The van der Waals surface area contributed by atoms with E-state index < -0.39 is 0 Å². The van der Waals surface area contributed by atoms with Crippen LogP contribution < -0.4 is 10.6 Å². The second-order valence-electron chi connectivity index (χ2n) is 4.95. The van der Waals surface area contributed by atoms with Crippen LogP contribution in [0.25, 0.3) is 0 Å². The number of hydrogen-bond acceptors (Lipinski definition) is 4. The second-order valence-corrected chi connectivity index (χ2v) is 4.95. The molecule has 0 bridgehead atoms. The van der Waals surface area contributed by atoms with Crippen molar-refractivity contribution >= 4 is 5.91 Å². The molecule has 2 unspecified atom stereocenters. The van der Waals surface area contributed by atoms with Gasteiger partial charge in [0.1, 0.15) is 11.5 Å². The number of nitrogens with one attached hydrogen (secondary N) is 2. The Labute approximate surface area is 107 Å². The number of aromatic nitrogens is 1. The first-order valence-electron chi connectivity index (χ1n) is 6.62. The van der Waals surface area contributed by atoms with Crippen LogP contribution in [-0.4, -0.2) is 23.7 Å². The van der Waals surface area contributed by atoms with Gasteiger partial charge in [0, 0.05) is 6.07 Å². The molecule has 0 aromatic carbocycles. The number of carbonyl (C=O) groups excluding carboxylic acids is 1. The van der Waals surface area contributed by atoms with Crippen molar-refractivity contribution in [1.29, 1.82) is 0 Å². The molecule has 1 aromatic heterocycles. The smallest absolute Gasteiger partial charge is 0.237 e. The lowest BCUT2D eigenvalue weighted by Gasteiger charge is -2.28. The number of nitrogens with zero attached hydrogens (tertiary/aromatic N) is 1. The molecule has 1 saturated heterocycles. The molecule has 0 saturated carbocycles. The van der Waals surface area contributed by atoms with E-state index in [1.807, 2.05) is 13.0 Å². The van der Waals surface area contributed by atoms with E-state index in [9.17, 15) is 4.79 Å². The van der Waals surface area contributed by atoms with Crippen molar-refractivity contribution in [3.63, 3.8) is 0 Å². The molecule has 2 N–H and O–H groups in total. The molecule has 18 heavy (non-hydrogen) atoms. The molecule has 2 rings (SSSR count). The summed E-state index contributed by atoms with van der Waals surface area (Å²) in [6.45, 7) is 5.39.